The number of aromatic nitrogens is 2. The Morgan fingerprint density at radius 3 is 2.78 bits per heavy atom. The summed E-state index contributed by atoms with van der Waals surface area (Å²) in [6.45, 7) is 3.42. The summed E-state index contributed by atoms with van der Waals surface area (Å²) < 4.78 is 15.6. The van der Waals surface area contributed by atoms with E-state index in [2.05, 4.69) is 28.6 Å². The van der Waals surface area contributed by atoms with Gasteiger partial charge in [-0.2, -0.15) is 0 Å². The summed E-state index contributed by atoms with van der Waals surface area (Å²) in [6, 6.07) is 16.6. The molecule has 1 aliphatic rings. The molecule has 0 aliphatic carbocycles. The van der Waals surface area contributed by atoms with E-state index < -0.39 is 0 Å². The molecule has 0 bridgehead atoms. The van der Waals surface area contributed by atoms with Gasteiger partial charge in [0.2, 0.25) is 5.91 Å². The molecule has 0 spiro atoms. The predicted molar refractivity (Wildman–Crippen MR) is 103 cm³/mol. The molecule has 1 unspecified atom stereocenters. The van der Waals surface area contributed by atoms with Gasteiger partial charge in [-0.1, -0.05) is 42.5 Å². The van der Waals surface area contributed by atoms with Gasteiger partial charge in [-0.15, -0.1) is 0 Å². The van der Waals surface area contributed by atoms with Gasteiger partial charge in [0.15, 0.2) is 0 Å². The van der Waals surface area contributed by atoms with Gasteiger partial charge < -0.3 is 9.47 Å². The van der Waals surface area contributed by atoms with Crippen LogP contribution in [0.15, 0.2) is 60.8 Å². The number of halogens is 1. The minimum Gasteiger partial charge on any atom is -0.340 e. The highest BCUT2D eigenvalue weighted by molar-refractivity contribution is 5.79. The normalized spacial score (nSPS) is 16.7. The standard InChI is InChI=1S/C22H22FN3O/c1-16-14-24-22(18-7-3-2-4-8-18)26(16)20-10-11-25(15-20)21(27)13-17-6-5-9-19(23)12-17/h2-9,12,14,20H,10-11,13,15H2,1H3. The lowest BCUT2D eigenvalue weighted by molar-refractivity contribution is -0.129. The number of likely N-dealkylation sites (tertiary alicyclic amines) is 1. The van der Waals surface area contributed by atoms with Crippen molar-refractivity contribution in [3.63, 3.8) is 0 Å². The maximum absolute atomic E-state index is 13.4. The first-order chi connectivity index (χ1) is 13.1. The van der Waals surface area contributed by atoms with Crippen LogP contribution in [0.1, 0.15) is 23.7 Å². The predicted octanol–water partition coefficient (Wildman–Crippen LogP) is 4.01. The third kappa shape index (κ3) is 3.63. The number of carbonyl (C=O) groups is 1. The van der Waals surface area contributed by atoms with Crippen molar-refractivity contribution in [2.24, 2.45) is 0 Å². The van der Waals surface area contributed by atoms with Gasteiger partial charge in [0.05, 0.1) is 12.5 Å². The third-order valence-corrected chi connectivity index (χ3v) is 5.14. The summed E-state index contributed by atoms with van der Waals surface area (Å²) in [5, 5.41) is 0. The van der Waals surface area contributed by atoms with Crippen LogP contribution < -0.4 is 0 Å². The fraction of sp³-hybridized carbons (Fsp3) is 0.273. The number of rotatable bonds is 4. The van der Waals surface area contributed by atoms with Crippen LogP contribution in [-0.2, 0) is 11.2 Å². The first kappa shape index (κ1) is 17.5. The molecule has 1 aliphatic heterocycles. The molecule has 1 aromatic heterocycles. The average molecular weight is 363 g/mol. The number of amides is 1. The molecule has 4 rings (SSSR count). The number of imidazole rings is 1. The monoisotopic (exact) mass is 363 g/mol. The van der Waals surface area contributed by atoms with Gasteiger partial charge in [-0.3, -0.25) is 4.79 Å². The Hall–Kier alpha value is -2.95. The Kier molecular flexibility index (Phi) is 4.75. The van der Waals surface area contributed by atoms with E-state index in [9.17, 15) is 9.18 Å². The molecule has 1 atom stereocenters. The second-order valence-corrected chi connectivity index (χ2v) is 7.05. The van der Waals surface area contributed by atoms with E-state index in [1.807, 2.05) is 29.3 Å². The molecule has 5 heteroatoms. The number of nitrogens with zero attached hydrogens (tertiary/aromatic N) is 3. The fourth-order valence-electron chi connectivity index (χ4n) is 3.82. The molecule has 1 fully saturated rings. The van der Waals surface area contributed by atoms with Crippen LogP contribution in [0.3, 0.4) is 0 Å². The highest BCUT2D eigenvalue weighted by atomic mass is 19.1. The quantitative estimate of drug-likeness (QED) is 0.702. The highest BCUT2D eigenvalue weighted by Gasteiger charge is 2.29. The Morgan fingerprint density at radius 2 is 2.00 bits per heavy atom. The van der Waals surface area contributed by atoms with Crippen molar-refractivity contribution in [2.45, 2.75) is 25.8 Å². The van der Waals surface area contributed by atoms with Crippen molar-refractivity contribution in [1.29, 1.82) is 0 Å². The summed E-state index contributed by atoms with van der Waals surface area (Å²) in [5.74, 6) is 0.681. The van der Waals surface area contributed by atoms with Crippen molar-refractivity contribution in [3.05, 3.63) is 77.9 Å². The molecule has 0 radical (unpaired) electrons. The van der Waals surface area contributed by atoms with Crippen molar-refractivity contribution < 1.29 is 9.18 Å². The molecule has 1 amide bonds. The van der Waals surface area contributed by atoms with Crippen LogP contribution in [0.4, 0.5) is 4.39 Å². The minimum absolute atomic E-state index is 0.0436. The molecule has 4 nitrogen and oxygen atoms in total. The minimum atomic E-state index is -0.304. The van der Waals surface area contributed by atoms with Crippen LogP contribution >= 0.6 is 0 Å². The van der Waals surface area contributed by atoms with Gasteiger partial charge in [-0.25, -0.2) is 9.37 Å². The van der Waals surface area contributed by atoms with E-state index in [-0.39, 0.29) is 24.2 Å². The van der Waals surface area contributed by atoms with Crippen LogP contribution in [0.25, 0.3) is 11.4 Å². The van der Waals surface area contributed by atoms with Crippen LogP contribution in [-0.4, -0.2) is 33.4 Å². The molecule has 0 N–H and O–H groups in total. The summed E-state index contributed by atoms with van der Waals surface area (Å²) in [6.07, 6.45) is 3.02. The van der Waals surface area contributed by atoms with Gasteiger partial charge >= 0.3 is 0 Å². The maximum Gasteiger partial charge on any atom is 0.227 e. The molecule has 2 heterocycles. The zero-order chi connectivity index (χ0) is 18.8. The number of hydrogen-bond donors (Lipinski definition) is 0. The number of benzene rings is 2. The van der Waals surface area contributed by atoms with Crippen LogP contribution in [0.5, 0.6) is 0 Å². The van der Waals surface area contributed by atoms with E-state index >= 15 is 0 Å². The van der Waals surface area contributed by atoms with Crippen molar-refractivity contribution in [3.8, 4) is 11.4 Å². The zero-order valence-electron chi connectivity index (χ0n) is 15.3. The molecule has 0 saturated carbocycles. The van der Waals surface area contributed by atoms with Crippen molar-refractivity contribution in [1.82, 2.24) is 14.5 Å². The van der Waals surface area contributed by atoms with E-state index in [4.69, 9.17) is 0 Å². The Labute approximate surface area is 158 Å². The summed E-state index contributed by atoms with van der Waals surface area (Å²) in [5.41, 5.74) is 2.89. The smallest absolute Gasteiger partial charge is 0.227 e. The zero-order valence-corrected chi connectivity index (χ0v) is 15.3. The van der Waals surface area contributed by atoms with Crippen molar-refractivity contribution in [2.75, 3.05) is 13.1 Å². The average Bonchev–Trinajstić information content (AvgIpc) is 3.29. The molecular weight excluding hydrogens is 341 g/mol. The third-order valence-electron chi connectivity index (χ3n) is 5.14. The van der Waals surface area contributed by atoms with E-state index in [0.717, 1.165) is 23.5 Å². The van der Waals surface area contributed by atoms with Gasteiger partial charge in [0, 0.05) is 30.5 Å². The van der Waals surface area contributed by atoms with E-state index in [1.165, 1.54) is 12.1 Å². The maximum atomic E-state index is 13.4. The summed E-state index contributed by atoms with van der Waals surface area (Å²) in [4.78, 5) is 19.1. The van der Waals surface area contributed by atoms with Crippen LogP contribution in [0.2, 0.25) is 0 Å². The first-order valence-electron chi connectivity index (χ1n) is 9.23. The van der Waals surface area contributed by atoms with E-state index in [0.29, 0.717) is 18.7 Å². The highest BCUT2D eigenvalue weighted by Crippen LogP contribution is 2.29. The molecule has 27 heavy (non-hydrogen) atoms. The number of aryl methyl sites for hydroxylation is 1. The Morgan fingerprint density at radius 1 is 1.19 bits per heavy atom. The summed E-state index contributed by atoms with van der Waals surface area (Å²) in [7, 11) is 0. The lowest BCUT2D eigenvalue weighted by Gasteiger charge is -2.20. The second kappa shape index (κ2) is 7.35. The molecule has 138 valence electrons. The van der Waals surface area contributed by atoms with Crippen LogP contribution in [0, 0.1) is 12.7 Å². The number of carbonyl (C=O) groups excluding carboxylic acids is 1. The lowest BCUT2D eigenvalue weighted by Crippen LogP contribution is -2.30. The SMILES string of the molecule is Cc1cnc(-c2ccccc2)n1C1CCN(C(=O)Cc2cccc(F)c2)C1. The van der Waals surface area contributed by atoms with Gasteiger partial charge in [-0.05, 0) is 31.0 Å². The number of hydrogen-bond acceptors (Lipinski definition) is 2. The van der Waals surface area contributed by atoms with E-state index in [1.54, 1.807) is 12.1 Å². The fourth-order valence-corrected chi connectivity index (χ4v) is 3.82. The topological polar surface area (TPSA) is 38.1 Å². The van der Waals surface area contributed by atoms with Gasteiger partial charge in [0.1, 0.15) is 11.6 Å². The lowest BCUT2D eigenvalue weighted by atomic mass is 10.1. The molecular formula is C22H22FN3O. The molecule has 1 saturated heterocycles. The first-order valence-corrected chi connectivity index (χ1v) is 9.23. The summed E-state index contributed by atoms with van der Waals surface area (Å²) >= 11 is 0. The Bertz CT molecular complexity index is 951. The second-order valence-electron chi connectivity index (χ2n) is 7.05. The molecule has 3 aromatic rings. The molecule has 2 aromatic carbocycles. The Balaban J connectivity index is 1.50. The van der Waals surface area contributed by atoms with Crippen molar-refractivity contribution >= 4 is 5.91 Å². The van der Waals surface area contributed by atoms with Gasteiger partial charge in [0.25, 0.3) is 0 Å². The largest absolute Gasteiger partial charge is 0.340 e.